The Kier molecular flexibility index (Phi) is 8.43. The van der Waals surface area contributed by atoms with Crippen molar-refractivity contribution in [3.8, 4) is 0 Å². The number of halogens is 1. The highest BCUT2D eigenvalue weighted by Crippen LogP contribution is 2.23. The third-order valence-electron chi connectivity index (χ3n) is 3.74. The first-order valence-corrected chi connectivity index (χ1v) is 9.35. The van der Waals surface area contributed by atoms with Crippen LogP contribution < -0.4 is 11.1 Å². The van der Waals surface area contributed by atoms with Crippen molar-refractivity contribution in [2.24, 2.45) is 5.73 Å². The molecule has 0 aromatic heterocycles. The molecule has 0 bridgehead atoms. The first-order valence-electron chi connectivity index (χ1n) is 8.56. The fourth-order valence-corrected chi connectivity index (χ4v) is 3.01. The van der Waals surface area contributed by atoms with Gasteiger partial charge >= 0.3 is 11.9 Å². The van der Waals surface area contributed by atoms with E-state index >= 15 is 0 Å². The Morgan fingerprint density at radius 2 is 1.89 bits per heavy atom. The molecule has 150 valence electrons. The van der Waals surface area contributed by atoms with Crippen LogP contribution in [0.1, 0.15) is 55.1 Å². The van der Waals surface area contributed by atoms with Crippen LogP contribution in [0.15, 0.2) is 16.6 Å². The molecule has 0 unspecified atom stereocenters. The minimum absolute atomic E-state index is 0.0698. The Bertz CT molecular complexity index is 713. The number of hydrogen-bond donors (Lipinski definition) is 2. The summed E-state index contributed by atoms with van der Waals surface area (Å²) in [6.45, 7) is 7.43. The maximum absolute atomic E-state index is 11.9. The maximum Gasteiger partial charge on any atom is 0.338 e. The number of nitrogens with two attached hydrogens (primary N) is 1. The fraction of sp³-hybridized carbons (Fsp3) is 0.526. The number of carbonyl (C=O) groups is 3. The normalized spacial score (nSPS) is 12.4. The van der Waals surface area contributed by atoms with E-state index in [1.54, 1.807) is 33.8 Å². The molecule has 1 atom stereocenters. The molecule has 1 rings (SSSR count). The Hall–Kier alpha value is -1.93. The van der Waals surface area contributed by atoms with Gasteiger partial charge in [0.25, 0.3) is 0 Å². The van der Waals surface area contributed by atoms with Crippen molar-refractivity contribution in [2.45, 2.75) is 58.7 Å². The molecule has 0 heterocycles. The lowest BCUT2D eigenvalue weighted by Gasteiger charge is -2.21. The molecule has 0 saturated carbocycles. The van der Waals surface area contributed by atoms with Gasteiger partial charge in [-0.3, -0.25) is 9.59 Å². The van der Waals surface area contributed by atoms with Gasteiger partial charge in [0.05, 0.1) is 18.7 Å². The Balaban J connectivity index is 2.79. The molecule has 0 aliphatic heterocycles. The molecular weight excluding hydrogens is 416 g/mol. The summed E-state index contributed by atoms with van der Waals surface area (Å²) in [7, 11) is 1.32. The molecule has 0 fully saturated rings. The summed E-state index contributed by atoms with van der Waals surface area (Å²) in [6.07, 6.45) is 0.290. The third kappa shape index (κ3) is 7.68. The van der Waals surface area contributed by atoms with Crippen molar-refractivity contribution in [1.29, 1.82) is 0 Å². The van der Waals surface area contributed by atoms with Crippen LogP contribution >= 0.6 is 15.9 Å². The summed E-state index contributed by atoms with van der Waals surface area (Å²) >= 11 is 3.45. The standard InChI is InChI=1S/C19H27BrN2O5/c1-11-8-14(20)12(9-13(11)18(25)26-5)10-22-15(17(21)24)6-7-16(23)27-19(2,3)4/h8-9,15,22H,6-7,10H2,1-5H3,(H2,21,24)/t15-/m0/s1. The average molecular weight is 443 g/mol. The van der Waals surface area contributed by atoms with Crippen molar-refractivity contribution in [1.82, 2.24) is 5.32 Å². The third-order valence-corrected chi connectivity index (χ3v) is 4.48. The molecule has 0 aliphatic carbocycles. The van der Waals surface area contributed by atoms with E-state index in [0.717, 1.165) is 15.6 Å². The summed E-state index contributed by atoms with van der Waals surface area (Å²) in [6, 6.07) is 2.81. The Labute approximate surface area is 168 Å². The first kappa shape index (κ1) is 23.1. The van der Waals surface area contributed by atoms with Crippen LogP contribution in [0.3, 0.4) is 0 Å². The minimum Gasteiger partial charge on any atom is -0.465 e. The molecule has 7 nitrogen and oxygen atoms in total. The zero-order valence-electron chi connectivity index (χ0n) is 16.3. The fourth-order valence-electron chi connectivity index (χ4n) is 2.42. The minimum atomic E-state index is -0.702. The van der Waals surface area contributed by atoms with Crippen LogP contribution in [0, 0.1) is 6.92 Å². The SMILES string of the molecule is COC(=O)c1cc(CN[C@@H](CCC(=O)OC(C)(C)C)C(N)=O)c(Br)cc1C. The lowest BCUT2D eigenvalue weighted by atomic mass is 10.0. The molecule has 3 N–H and O–H groups in total. The predicted molar refractivity (Wildman–Crippen MR) is 105 cm³/mol. The number of aryl methyl sites for hydroxylation is 1. The summed E-state index contributed by atoms with van der Waals surface area (Å²) in [5.74, 6) is -1.38. The number of nitrogens with one attached hydrogen (secondary N) is 1. The lowest BCUT2D eigenvalue weighted by molar-refractivity contribution is -0.155. The summed E-state index contributed by atoms with van der Waals surface area (Å²) in [5, 5.41) is 3.03. The topological polar surface area (TPSA) is 108 Å². The van der Waals surface area contributed by atoms with Crippen molar-refractivity contribution in [3.63, 3.8) is 0 Å². The van der Waals surface area contributed by atoms with Gasteiger partial charge < -0.3 is 20.5 Å². The van der Waals surface area contributed by atoms with Crippen LogP contribution in [-0.4, -0.2) is 36.6 Å². The largest absolute Gasteiger partial charge is 0.465 e. The molecule has 27 heavy (non-hydrogen) atoms. The zero-order valence-corrected chi connectivity index (χ0v) is 17.9. The number of esters is 2. The van der Waals surface area contributed by atoms with E-state index in [1.807, 2.05) is 6.07 Å². The number of carbonyl (C=O) groups excluding carboxylic acids is 3. The molecular formula is C19H27BrN2O5. The number of ether oxygens (including phenoxy) is 2. The Morgan fingerprint density at radius 1 is 1.26 bits per heavy atom. The smallest absolute Gasteiger partial charge is 0.338 e. The molecule has 0 radical (unpaired) electrons. The van der Waals surface area contributed by atoms with Gasteiger partial charge in [0, 0.05) is 17.4 Å². The van der Waals surface area contributed by atoms with Crippen molar-refractivity contribution in [3.05, 3.63) is 33.3 Å². The van der Waals surface area contributed by atoms with Crippen LogP contribution in [0.2, 0.25) is 0 Å². The van der Waals surface area contributed by atoms with E-state index in [2.05, 4.69) is 21.2 Å². The molecule has 0 aliphatic rings. The van der Waals surface area contributed by atoms with Gasteiger partial charge in [-0.15, -0.1) is 0 Å². The van der Waals surface area contributed by atoms with Gasteiger partial charge in [-0.1, -0.05) is 15.9 Å². The second-order valence-corrected chi connectivity index (χ2v) is 8.07. The lowest BCUT2D eigenvalue weighted by Crippen LogP contribution is -2.41. The van der Waals surface area contributed by atoms with Crippen LogP contribution in [0.4, 0.5) is 0 Å². The zero-order chi connectivity index (χ0) is 20.8. The van der Waals surface area contributed by atoms with E-state index < -0.39 is 23.5 Å². The molecule has 8 heteroatoms. The number of hydrogen-bond acceptors (Lipinski definition) is 6. The molecule has 1 aromatic rings. The van der Waals surface area contributed by atoms with Gasteiger partial charge in [-0.2, -0.15) is 0 Å². The first-order chi connectivity index (χ1) is 12.4. The van der Waals surface area contributed by atoms with E-state index in [4.69, 9.17) is 15.2 Å². The highest BCUT2D eigenvalue weighted by atomic mass is 79.9. The van der Waals surface area contributed by atoms with Gasteiger partial charge in [0.15, 0.2) is 0 Å². The van der Waals surface area contributed by atoms with Crippen LogP contribution in [0.5, 0.6) is 0 Å². The van der Waals surface area contributed by atoms with E-state index in [1.165, 1.54) is 7.11 Å². The summed E-state index contributed by atoms with van der Waals surface area (Å²) in [4.78, 5) is 35.4. The van der Waals surface area contributed by atoms with Gasteiger partial charge in [-0.25, -0.2) is 4.79 Å². The van der Waals surface area contributed by atoms with Crippen molar-refractivity contribution in [2.75, 3.05) is 7.11 Å². The number of primary amides is 1. The quantitative estimate of drug-likeness (QED) is 0.598. The second-order valence-electron chi connectivity index (χ2n) is 7.21. The van der Waals surface area contributed by atoms with E-state index in [-0.39, 0.29) is 25.4 Å². The van der Waals surface area contributed by atoms with Gasteiger partial charge in [0.1, 0.15) is 5.60 Å². The predicted octanol–water partition coefficient (Wildman–Crippen LogP) is 2.61. The molecule has 1 amide bonds. The number of methoxy groups -OCH3 is 1. The molecule has 0 spiro atoms. The van der Waals surface area contributed by atoms with Gasteiger partial charge in [0.2, 0.25) is 5.91 Å². The monoisotopic (exact) mass is 442 g/mol. The second kappa shape index (κ2) is 9.85. The van der Waals surface area contributed by atoms with Gasteiger partial charge in [-0.05, 0) is 57.4 Å². The summed E-state index contributed by atoms with van der Waals surface area (Å²) in [5.41, 5.74) is 6.84. The molecule has 0 saturated heterocycles. The van der Waals surface area contributed by atoms with Crippen molar-refractivity contribution < 1.29 is 23.9 Å². The van der Waals surface area contributed by atoms with Crippen LogP contribution in [-0.2, 0) is 25.6 Å². The van der Waals surface area contributed by atoms with E-state index in [9.17, 15) is 14.4 Å². The highest BCUT2D eigenvalue weighted by molar-refractivity contribution is 9.10. The highest BCUT2D eigenvalue weighted by Gasteiger charge is 2.21. The maximum atomic E-state index is 11.9. The number of rotatable bonds is 8. The Morgan fingerprint density at radius 3 is 2.41 bits per heavy atom. The average Bonchev–Trinajstić information content (AvgIpc) is 2.53. The number of benzene rings is 1. The summed E-state index contributed by atoms with van der Waals surface area (Å²) < 4.78 is 10.8. The van der Waals surface area contributed by atoms with Crippen LogP contribution in [0.25, 0.3) is 0 Å². The molecule has 1 aromatic carbocycles. The van der Waals surface area contributed by atoms with E-state index in [0.29, 0.717) is 5.56 Å². The number of amides is 1. The van der Waals surface area contributed by atoms with Crippen molar-refractivity contribution >= 4 is 33.8 Å².